The van der Waals surface area contributed by atoms with E-state index in [1.807, 2.05) is 0 Å². The largest absolute Gasteiger partial charge is 0.481 e. The molecule has 0 fully saturated rings. The van der Waals surface area contributed by atoms with Crippen molar-refractivity contribution < 1.29 is 9.90 Å². The molecule has 0 spiro atoms. The van der Waals surface area contributed by atoms with Gasteiger partial charge >= 0.3 is 5.97 Å². The third-order valence-corrected chi connectivity index (χ3v) is 3.57. The molecule has 0 aliphatic rings. The third-order valence-electron chi connectivity index (χ3n) is 3.57. The van der Waals surface area contributed by atoms with Gasteiger partial charge in [0.25, 0.3) is 0 Å². The molecule has 0 unspecified atom stereocenters. The van der Waals surface area contributed by atoms with Crippen LogP contribution >= 0.6 is 0 Å². The molecule has 0 amide bonds. The van der Waals surface area contributed by atoms with Gasteiger partial charge in [0.15, 0.2) is 0 Å². The third kappa shape index (κ3) is 18.9. The fourth-order valence-corrected chi connectivity index (χ4v) is 2.25. The lowest BCUT2D eigenvalue weighted by atomic mass is 10.1. The van der Waals surface area contributed by atoms with E-state index in [9.17, 15) is 4.79 Å². The maximum absolute atomic E-state index is 10.3. The number of carboxylic acids is 1. The number of carboxylic acid groups (broad SMARTS) is 1. The van der Waals surface area contributed by atoms with E-state index < -0.39 is 5.97 Å². The van der Waals surface area contributed by atoms with Crippen LogP contribution in [0.15, 0.2) is 24.3 Å². The number of hydrogen-bond donors (Lipinski definition) is 1. The number of rotatable bonds is 15. The number of hydrogen-bond acceptors (Lipinski definition) is 1. The van der Waals surface area contributed by atoms with E-state index in [0.717, 1.165) is 25.7 Å². The molecule has 0 saturated carbocycles. The van der Waals surface area contributed by atoms with Gasteiger partial charge in [0.1, 0.15) is 0 Å². The van der Waals surface area contributed by atoms with Crippen LogP contribution in [-0.4, -0.2) is 11.1 Å². The van der Waals surface area contributed by atoms with Gasteiger partial charge in [0.2, 0.25) is 0 Å². The molecule has 1 N–H and O–H groups in total. The molecule has 122 valence electrons. The molecule has 0 aromatic carbocycles. The first-order valence-corrected chi connectivity index (χ1v) is 8.79. The molecule has 0 heterocycles. The van der Waals surface area contributed by atoms with Crippen LogP contribution in [0, 0.1) is 0 Å². The van der Waals surface area contributed by atoms with Crippen molar-refractivity contribution in [2.75, 3.05) is 0 Å². The summed E-state index contributed by atoms with van der Waals surface area (Å²) in [7, 11) is 0. The second kappa shape index (κ2) is 17.0. The molecule has 0 atom stereocenters. The van der Waals surface area contributed by atoms with Gasteiger partial charge < -0.3 is 5.11 Å². The lowest BCUT2D eigenvalue weighted by Gasteiger charge is -1.98. The Labute approximate surface area is 131 Å². The first-order chi connectivity index (χ1) is 10.3. The smallest absolute Gasteiger partial charge is 0.303 e. The Bertz CT molecular complexity index is 279. The molecular weight excluding hydrogens is 260 g/mol. The van der Waals surface area contributed by atoms with Gasteiger partial charge in [-0.2, -0.15) is 0 Å². The van der Waals surface area contributed by atoms with Gasteiger partial charge in [-0.3, -0.25) is 4.79 Å². The van der Waals surface area contributed by atoms with Crippen molar-refractivity contribution in [3.05, 3.63) is 24.3 Å². The molecule has 0 aromatic rings. The lowest BCUT2D eigenvalue weighted by molar-refractivity contribution is -0.137. The fourth-order valence-electron chi connectivity index (χ4n) is 2.25. The summed E-state index contributed by atoms with van der Waals surface area (Å²) in [6, 6.07) is 0. The summed E-state index contributed by atoms with van der Waals surface area (Å²) >= 11 is 0. The van der Waals surface area contributed by atoms with Gasteiger partial charge in [0, 0.05) is 6.42 Å². The zero-order valence-corrected chi connectivity index (χ0v) is 13.9. The van der Waals surface area contributed by atoms with E-state index in [1.165, 1.54) is 51.4 Å². The van der Waals surface area contributed by atoms with Crippen molar-refractivity contribution in [3.8, 4) is 0 Å². The maximum Gasteiger partial charge on any atom is 0.303 e. The summed E-state index contributed by atoms with van der Waals surface area (Å²) in [4.78, 5) is 10.3. The minimum Gasteiger partial charge on any atom is -0.481 e. The highest BCUT2D eigenvalue weighted by atomic mass is 16.4. The highest BCUT2D eigenvalue weighted by Gasteiger charge is 1.93. The minimum atomic E-state index is -0.698. The van der Waals surface area contributed by atoms with Crippen molar-refractivity contribution in [2.24, 2.45) is 0 Å². The minimum absolute atomic E-state index is 0.280. The zero-order chi connectivity index (χ0) is 15.6. The van der Waals surface area contributed by atoms with Crippen LogP contribution in [0.3, 0.4) is 0 Å². The van der Waals surface area contributed by atoms with E-state index in [2.05, 4.69) is 31.2 Å². The number of allylic oxidation sites excluding steroid dienone is 4. The molecule has 0 aliphatic carbocycles. The van der Waals surface area contributed by atoms with E-state index in [-0.39, 0.29) is 6.42 Å². The Kier molecular flexibility index (Phi) is 16.2. The number of unbranched alkanes of at least 4 members (excludes halogenated alkanes) is 9. The predicted molar refractivity (Wildman–Crippen MR) is 91.6 cm³/mol. The summed E-state index contributed by atoms with van der Waals surface area (Å²) in [5.41, 5.74) is 0. The van der Waals surface area contributed by atoms with Crippen LogP contribution in [0.25, 0.3) is 0 Å². The second-order valence-corrected chi connectivity index (χ2v) is 5.72. The molecular formula is C19H34O2. The molecule has 21 heavy (non-hydrogen) atoms. The first-order valence-electron chi connectivity index (χ1n) is 8.79. The van der Waals surface area contributed by atoms with Gasteiger partial charge in [-0.15, -0.1) is 0 Å². The summed E-state index contributed by atoms with van der Waals surface area (Å²) in [5, 5.41) is 8.50. The van der Waals surface area contributed by atoms with E-state index in [0.29, 0.717) is 0 Å². The SMILES string of the molecule is CCCCCCCCC/C=C\CC/C=C\CCCC(=O)O. The number of carbonyl (C=O) groups is 1. The Balaban J connectivity index is 3.18. The average Bonchev–Trinajstić information content (AvgIpc) is 2.46. The summed E-state index contributed by atoms with van der Waals surface area (Å²) in [6.45, 7) is 2.26. The molecule has 0 aliphatic heterocycles. The van der Waals surface area contributed by atoms with Crippen molar-refractivity contribution in [2.45, 2.75) is 90.4 Å². The summed E-state index contributed by atoms with van der Waals surface area (Å²) < 4.78 is 0. The monoisotopic (exact) mass is 294 g/mol. The van der Waals surface area contributed by atoms with Gasteiger partial charge in [-0.05, 0) is 38.5 Å². The van der Waals surface area contributed by atoms with E-state index in [4.69, 9.17) is 5.11 Å². The Morgan fingerprint density at radius 1 is 0.714 bits per heavy atom. The van der Waals surface area contributed by atoms with Crippen molar-refractivity contribution in [1.29, 1.82) is 0 Å². The fraction of sp³-hybridized carbons (Fsp3) is 0.737. The van der Waals surface area contributed by atoms with Crippen molar-refractivity contribution >= 4 is 5.97 Å². The van der Waals surface area contributed by atoms with Crippen LogP contribution in [0.4, 0.5) is 0 Å². The topological polar surface area (TPSA) is 37.3 Å². The lowest BCUT2D eigenvalue weighted by Crippen LogP contribution is -1.92. The van der Waals surface area contributed by atoms with Crippen molar-refractivity contribution in [1.82, 2.24) is 0 Å². The summed E-state index contributed by atoms with van der Waals surface area (Å²) in [6.07, 6.45) is 23.8. The molecule has 0 aromatic heterocycles. The first kappa shape index (κ1) is 19.9. The Morgan fingerprint density at radius 2 is 1.19 bits per heavy atom. The average molecular weight is 294 g/mol. The summed E-state index contributed by atoms with van der Waals surface area (Å²) in [5.74, 6) is -0.698. The van der Waals surface area contributed by atoms with Crippen LogP contribution in [0.5, 0.6) is 0 Å². The quantitative estimate of drug-likeness (QED) is 0.285. The molecule has 2 heteroatoms. The maximum atomic E-state index is 10.3. The predicted octanol–water partition coefficient (Wildman–Crippen LogP) is 6.27. The Hall–Kier alpha value is -1.05. The zero-order valence-electron chi connectivity index (χ0n) is 13.9. The molecule has 0 radical (unpaired) electrons. The van der Waals surface area contributed by atoms with Crippen LogP contribution in [0.1, 0.15) is 90.4 Å². The van der Waals surface area contributed by atoms with Crippen molar-refractivity contribution in [3.63, 3.8) is 0 Å². The van der Waals surface area contributed by atoms with Crippen LogP contribution < -0.4 is 0 Å². The standard InChI is InChI=1S/C19H34O2/c1-2-3-4-5-6-7-8-9-10-11-12-13-14-15-16-17-18-19(20)21/h10-11,14-15H,2-9,12-13,16-18H2,1H3,(H,20,21)/b11-10-,15-14-. The van der Waals surface area contributed by atoms with Gasteiger partial charge in [-0.1, -0.05) is 69.8 Å². The Morgan fingerprint density at radius 3 is 1.76 bits per heavy atom. The molecule has 0 saturated heterocycles. The second-order valence-electron chi connectivity index (χ2n) is 5.72. The van der Waals surface area contributed by atoms with E-state index in [1.54, 1.807) is 0 Å². The normalized spacial score (nSPS) is 11.7. The van der Waals surface area contributed by atoms with E-state index >= 15 is 0 Å². The number of aliphatic carboxylic acids is 1. The van der Waals surface area contributed by atoms with Crippen LogP contribution in [0.2, 0.25) is 0 Å². The highest BCUT2D eigenvalue weighted by molar-refractivity contribution is 5.66. The molecule has 2 nitrogen and oxygen atoms in total. The molecule has 0 rings (SSSR count). The molecule has 0 bridgehead atoms. The van der Waals surface area contributed by atoms with Crippen LogP contribution in [-0.2, 0) is 4.79 Å². The van der Waals surface area contributed by atoms with Gasteiger partial charge in [-0.25, -0.2) is 0 Å². The highest BCUT2D eigenvalue weighted by Crippen LogP contribution is 2.09. The van der Waals surface area contributed by atoms with Gasteiger partial charge in [0.05, 0.1) is 0 Å².